The van der Waals surface area contributed by atoms with Gasteiger partial charge in [0.05, 0.1) is 7.11 Å². The van der Waals surface area contributed by atoms with Crippen LogP contribution in [-0.4, -0.2) is 30.0 Å². The lowest BCUT2D eigenvalue weighted by atomic mass is 10.2. The van der Waals surface area contributed by atoms with E-state index in [9.17, 15) is 4.79 Å². The fourth-order valence-corrected chi connectivity index (χ4v) is 2.79. The number of benzene rings is 2. The van der Waals surface area contributed by atoms with E-state index >= 15 is 0 Å². The standard InChI is InChI=1S/C20H19N3O5/c1-25-15-4-2-3-14(10-15)20-23-22-19(28-20)8-7-18(24)21-11-13-5-6-16-17(9-13)27-12-26-16/h2-6,9-10H,7-8,11-12H2,1H3,(H,21,24). The third-order valence-electron chi connectivity index (χ3n) is 4.28. The van der Waals surface area contributed by atoms with Crippen LogP contribution in [0.15, 0.2) is 46.9 Å². The maximum atomic E-state index is 12.1. The second kappa shape index (κ2) is 7.99. The Kier molecular flexibility index (Phi) is 5.09. The predicted octanol–water partition coefficient (Wildman–Crippen LogP) is 2.72. The van der Waals surface area contributed by atoms with Crippen molar-refractivity contribution < 1.29 is 23.4 Å². The quantitative estimate of drug-likeness (QED) is 0.672. The highest BCUT2D eigenvalue weighted by molar-refractivity contribution is 5.76. The van der Waals surface area contributed by atoms with E-state index in [1.165, 1.54) is 0 Å². The van der Waals surface area contributed by atoms with E-state index in [1.807, 2.05) is 42.5 Å². The Morgan fingerprint density at radius 2 is 2.04 bits per heavy atom. The Labute approximate surface area is 161 Å². The number of rotatable bonds is 7. The molecule has 0 saturated heterocycles. The summed E-state index contributed by atoms with van der Waals surface area (Å²) in [5.74, 6) is 2.84. The highest BCUT2D eigenvalue weighted by Crippen LogP contribution is 2.32. The Bertz CT molecular complexity index is 985. The number of amides is 1. The SMILES string of the molecule is COc1cccc(-c2nnc(CCC(=O)NCc3ccc4c(c3)OCO4)o2)c1. The van der Waals surface area contributed by atoms with Crippen LogP contribution >= 0.6 is 0 Å². The molecule has 3 aromatic rings. The number of nitrogens with zero attached hydrogens (tertiary/aromatic N) is 2. The highest BCUT2D eigenvalue weighted by Gasteiger charge is 2.14. The van der Waals surface area contributed by atoms with Crippen molar-refractivity contribution in [3.05, 3.63) is 53.9 Å². The maximum Gasteiger partial charge on any atom is 0.247 e. The molecule has 8 heteroatoms. The van der Waals surface area contributed by atoms with E-state index < -0.39 is 0 Å². The van der Waals surface area contributed by atoms with Gasteiger partial charge in [0, 0.05) is 24.9 Å². The normalized spacial score (nSPS) is 12.0. The van der Waals surface area contributed by atoms with Crippen molar-refractivity contribution in [3.8, 4) is 28.7 Å². The van der Waals surface area contributed by atoms with E-state index in [2.05, 4.69) is 15.5 Å². The molecule has 2 heterocycles. The van der Waals surface area contributed by atoms with E-state index in [1.54, 1.807) is 7.11 Å². The number of nitrogens with one attached hydrogen (secondary N) is 1. The third-order valence-corrected chi connectivity index (χ3v) is 4.28. The smallest absolute Gasteiger partial charge is 0.247 e. The van der Waals surface area contributed by atoms with Gasteiger partial charge in [-0.3, -0.25) is 4.79 Å². The highest BCUT2D eigenvalue weighted by atomic mass is 16.7. The Morgan fingerprint density at radius 3 is 2.93 bits per heavy atom. The van der Waals surface area contributed by atoms with Gasteiger partial charge >= 0.3 is 0 Å². The first-order valence-electron chi connectivity index (χ1n) is 8.83. The van der Waals surface area contributed by atoms with Crippen LogP contribution in [0.2, 0.25) is 0 Å². The number of aromatic nitrogens is 2. The Balaban J connectivity index is 1.28. The molecule has 1 aliphatic rings. The van der Waals surface area contributed by atoms with Crippen molar-refractivity contribution in [2.24, 2.45) is 0 Å². The molecule has 1 amide bonds. The van der Waals surface area contributed by atoms with Gasteiger partial charge in [-0.1, -0.05) is 12.1 Å². The number of aryl methyl sites for hydroxylation is 1. The summed E-state index contributed by atoms with van der Waals surface area (Å²) >= 11 is 0. The zero-order valence-electron chi connectivity index (χ0n) is 15.3. The second-order valence-corrected chi connectivity index (χ2v) is 6.20. The van der Waals surface area contributed by atoms with Crippen molar-refractivity contribution in [2.75, 3.05) is 13.9 Å². The summed E-state index contributed by atoms with van der Waals surface area (Å²) < 4.78 is 21.4. The minimum absolute atomic E-state index is 0.0983. The van der Waals surface area contributed by atoms with Crippen molar-refractivity contribution in [1.29, 1.82) is 0 Å². The van der Waals surface area contributed by atoms with Crippen LogP contribution in [0.3, 0.4) is 0 Å². The molecule has 0 fully saturated rings. The van der Waals surface area contributed by atoms with Gasteiger partial charge in [0.1, 0.15) is 5.75 Å². The molecule has 0 unspecified atom stereocenters. The van der Waals surface area contributed by atoms with Gasteiger partial charge in [-0.25, -0.2) is 0 Å². The van der Waals surface area contributed by atoms with Crippen LogP contribution in [0.4, 0.5) is 0 Å². The molecule has 2 aromatic carbocycles. The molecule has 0 spiro atoms. The summed E-state index contributed by atoms with van der Waals surface area (Å²) in [6.07, 6.45) is 0.619. The van der Waals surface area contributed by atoms with Gasteiger partial charge in [-0.05, 0) is 35.9 Å². The van der Waals surface area contributed by atoms with Gasteiger partial charge in [-0.2, -0.15) is 0 Å². The fraction of sp³-hybridized carbons (Fsp3) is 0.250. The lowest BCUT2D eigenvalue weighted by Crippen LogP contribution is -2.23. The summed E-state index contributed by atoms with van der Waals surface area (Å²) in [6, 6.07) is 13.0. The van der Waals surface area contributed by atoms with Crippen molar-refractivity contribution in [2.45, 2.75) is 19.4 Å². The van der Waals surface area contributed by atoms with Gasteiger partial charge in [0.25, 0.3) is 0 Å². The van der Waals surface area contributed by atoms with Crippen LogP contribution in [0.25, 0.3) is 11.5 Å². The number of hydrogen-bond donors (Lipinski definition) is 1. The van der Waals surface area contributed by atoms with E-state index in [0.717, 1.165) is 16.9 Å². The molecule has 1 N–H and O–H groups in total. The Morgan fingerprint density at radius 1 is 1.14 bits per heavy atom. The molecule has 0 aliphatic carbocycles. The first kappa shape index (κ1) is 17.8. The fourth-order valence-electron chi connectivity index (χ4n) is 2.79. The average Bonchev–Trinajstić information content (AvgIpc) is 3.39. The molecule has 0 bridgehead atoms. The number of carbonyl (C=O) groups is 1. The summed E-state index contributed by atoms with van der Waals surface area (Å²) in [7, 11) is 1.60. The lowest BCUT2D eigenvalue weighted by Gasteiger charge is -2.05. The van der Waals surface area contributed by atoms with Crippen molar-refractivity contribution in [3.63, 3.8) is 0 Å². The van der Waals surface area contributed by atoms with E-state index in [-0.39, 0.29) is 19.1 Å². The lowest BCUT2D eigenvalue weighted by molar-refractivity contribution is -0.121. The molecule has 8 nitrogen and oxygen atoms in total. The van der Waals surface area contributed by atoms with E-state index in [4.69, 9.17) is 18.6 Å². The number of carbonyl (C=O) groups excluding carboxylic acids is 1. The zero-order valence-corrected chi connectivity index (χ0v) is 15.3. The van der Waals surface area contributed by atoms with Gasteiger partial charge < -0.3 is 23.9 Å². The Hall–Kier alpha value is -3.55. The molecule has 1 aromatic heterocycles. The van der Waals surface area contributed by atoms with Crippen molar-refractivity contribution >= 4 is 5.91 Å². The number of methoxy groups -OCH3 is 1. The van der Waals surface area contributed by atoms with Gasteiger partial charge in [-0.15, -0.1) is 10.2 Å². The monoisotopic (exact) mass is 381 g/mol. The minimum atomic E-state index is -0.0983. The number of ether oxygens (including phenoxy) is 3. The third kappa shape index (κ3) is 4.06. The largest absolute Gasteiger partial charge is 0.497 e. The molecular weight excluding hydrogens is 362 g/mol. The van der Waals surface area contributed by atoms with Crippen LogP contribution < -0.4 is 19.5 Å². The topological polar surface area (TPSA) is 95.7 Å². The predicted molar refractivity (Wildman–Crippen MR) is 99.0 cm³/mol. The molecular formula is C20H19N3O5. The summed E-state index contributed by atoms with van der Waals surface area (Å²) in [5, 5.41) is 10.9. The van der Waals surface area contributed by atoms with Crippen molar-refractivity contribution in [1.82, 2.24) is 15.5 Å². The molecule has 144 valence electrons. The molecule has 4 rings (SSSR count). The molecule has 1 aliphatic heterocycles. The van der Waals surface area contributed by atoms with Gasteiger partial charge in [0.15, 0.2) is 11.5 Å². The molecule has 28 heavy (non-hydrogen) atoms. The summed E-state index contributed by atoms with van der Waals surface area (Å²) in [6.45, 7) is 0.640. The average molecular weight is 381 g/mol. The number of fused-ring (bicyclic) bond motifs is 1. The van der Waals surface area contributed by atoms with Gasteiger partial charge in [0.2, 0.25) is 24.5 Å². The summed E-state index contributed by atoms with van der Waals surface area (Å²) in [5.41, 5.74) is 1.71. The molecule has 0 atom stereocenters. The first-order valence-corrected chi connectivity index (χ1v) is 8.83. The van der Waals surface area contributed by atoms with Crippen LogP contribution in [0.5, 0.6) is 17.2 Å². The zero-order chi connectivity index (χ0) is 19.3. The first-order chi connectivity index (χ1) is 13.7. The summed E-state index contributed by atoms with van der Waals surface area (Å²) in [4.78, 5) is 12.1. The van der Waals surface area contributed by atoms with Crippen LogP contribution in [0, 0.1) is 0 Å². The molecule has 0 radical (unpaired) electrons. The maximum absolute atomic E-state index is 12.1. The van der Waals surface area contributed by atoms with Crippen LogP contribution in [-0.2, 0) is 17.8 Å². The van der Waals surface area contributed by atoms with E-state index in [0.29, 0.717) is 36.2 Å². The minimum Gasteiger partial charge on any atom is -0.497 e. The second-order valence-electron chi connectivity index (χ2n) is 6.20. The van der Waals surface area contributed by atoms with Crippen LogP contribution in [0.1, 0.15) is 17.9 Å². The number of hydrogen-bond acceptors (Lipinski definition) is 7. The molecule has 0 saturated carbocycles.